The van der Waals surface area contributed by atoms with E-state index in [-0.39, 0.29) is 0 Å². The maximum atomic E-state index is 9.08. The number of halogens is 1. The topological polar surface area (TPSA) is 81.5 Å². The van der Waals surface area contributed by atoms with E-state index in [9.17, 15) is 0 Å². The van der Waals surface area contributed by atoms with Crippen LogP contribution in [0.5, 0.6) is 0 Å². The molecule has 7 heteroatoms. The molecule has 142 valence electrons. The number of aromatic nitrogens is 4. The van der Waals surface area contributed by atoms with E-state index >= 15 is 0 Å². The average molecular weight is 401 g/mol. The van der Waals surface area contributed by atoms with Crippen molar-refractivity contribution in [2.75, 3.05) is 11.9 Å². The quantitative estimate of drug-likeness (QED) is 0.513. The molecular weight excluding hydrogens is 384 g/mol. The highest BCUT2D eigenvalue weighted by atomic mass is 35.5. The molecule has 0 amide bonds. The second kappa shape index (κ2) is 7.74. The second-order valence-corrected chi connectivity index (χ2v) is 7.04. The maximum Gasteiger partial charge on any atom is 0.156 e. The van der Waals surface area contributed by atoms with Crippen molar-refractivity contribution >= 4 is 23.2 Å². The zero-order valence-corrected chi connectivity index (χ0v) is 16.6. The van der Waals surface area contributed by atoms with E-state index in [1.807, 2.05) is 61.3 Å². The van der Waals surface area contributed by atoms with Crippen LogP contribution in [0.15, 0.2) is 60.9 Å². The number of anilines is 2. The molecule has 1 N–H and O–H groups in total. The minimum atomic E-state index is 0.588. The highest BCUT2D eigenvalue weighted by molar-refractivity contribution is 6.30. The highest BCUT2D eigenvalue weighted by Gasteiger charge is 2.13. The predicted molar refractivity (Wildman–Crippen MR) is 114 cm³/mol. The summed E-state index contributed by atoms with van der Waals surface area (Å²) in [4.78, 5) is 10.7. The average Bonchev–Trinajstić information content (AvgIpc) is 3.24. The zero-order chi connectivity index (χ0) is 20.4. The fraction of sp³-hybridized carbons (Fsp3) is 0.0909. The SMILES string of the molecule is Cc1cc(C#N)ccc1-c1ccnc(N(C)c2cc(-c3ccc(Cl)cn3)[nH]n2)c1. The molecule has 3 heterocycles. The number of hydrogen-bond acceptors (Lipinski definition) is 5. The van der Waals surface area contributed by atoms with Crippen LogP contribution in [-0.4, -0.2) is 27.2 Å². The van der Waals surface area contributed by atoms with E-state index < -0.39 is 0 Å². The number of nitrogens with zero attached hydrogens (tertiary/aromatic N) is 5. The summed E-state index contributed by atoms with van der Waals surface area (Å²) in [6.45, 7) is 2.00. The summed E-state index contributed by atoms with van der Waals surface area (Å²) in [6.07, 6.45) is 3.37. The molecule has 0 aliphatic carbocycles. The molecule has 0 fully saturated rings. The van der Waals surface area contributed by atoms with Gasteiger partial charge in [0.15, 0.2) is 5.82 Å². The van der Waals surface area contributed by atoms with Crippen LogP contribution in [0.3, 0.4) is 0 Å². The van der Waals surface area contributed by atoms with Crippen molar-refractivity contribution in [2.24, 2.45) is 0 Å². The van der Waals surface area contributed by atoms with Crippen molar-refractivity contribution in [3.05, 3.63) is 77.1 Å². The van der Waals surface area contributed by atoms with Crippen molar-refractivity contribution in [1.82, 2.24) is 20.2 Å². The van der Waals surface area contributed by atoms with E-state index in [1.54, 1.807) is 18.5 Å². The number of nitrogens with one attached hydrogen (secondary N) is 1. The first-order chi connectivity index (χ1) is 14.0. The molecule has 4 rings (SSSR count). The number of benzene rings is 1. The van der Waals surface area contributed by atoms with Crippen LogP contribution in [0.25, 0.3) is 22.5 Å². The predicted octanol–water partition coefficient (Wildman–Crippen LogP) is 5.14. The summed E-state index contributed by atoms with van der Waals surface area (Å²) in [7, 11) is 1.91. The van der Waals surface area contributed by atoms with Crippen molar-refractivity contribution in [3.63, 3.8) is 0 Å². The van der Waals surface area contributed by atoms with E-state index in [1.165, 1.54) is 0 Å². The minimum Gasteiger partial charge on any atom is -0.313 e. The Bertz CT molecular complexity index is 1210. The molecule has 0 radical (unpaired) electrons. The number of pyridine rings is 2. The summed E-state index contributed by atoms with van der Waals surface area (Å²) in [5, 5.41) is 17.1. The van der Waals surface area contributed by atoms with Gasteiger partial charge in [-0.25, -0.2) is 4.98 Å². The van der Waals surface area contributed by atoms with Gasteiger partial charge in [-0.15, -0.1) is 0 Å². The van der Waals surface area contributed by atoms with Gasteiger partial charge in [-0.05, 0) is 60.0 Å². The summed E-state index contributed by atoms with van der Waals surface area (Å²) < 4.78 is 0. The van der Waals surface area contributed by atoms with Gasteiger partial charge < -0.3 is 4.90 Å². The standard InChI is InChI=1S/C22H17ClN6/c1-14-9-15(12-24)3-5-18(14)16-7-8-25-21(10-16)29(2)22-11-20(27-28-22)19-6-4-17(23)13-26-19/h3-11,13H,1-2H3,(H,27,28). The molecule has 0 saturated heterocycles. The summed E-state index contributed by atoms with van der Waals surface area (Å²) in [5.74, 6) is 1.48. The minimum absolute atomic E-state index is 0.588. The number of nitriles is 1. The third kappa shape index (κ3) is 3.82. The van der Waals surface area contributed by atoms with Gasteiger partial charge >= 0.3 is 0 Å². The molecule has 6 nitrogen and oxygen atoms in total. The second-order valence-electron chi connectivity index (χ2n) is 6.60. The Kier molecular flexibility index (Phi) is 4.98. The molecule has 1 aromatic carbocycles. The lowest BCUT2D eigenvalue weighted by molar-refractivity contribution is 1.02. The van der Waals surface area contributed by atoms with Crippen molar-refractivity contribution in [2.45, 2.75) is 6.92 Å². The summed E-state index contributed by atoms with van der Waals surface area (Å²) in [5.41, 5.74) is 5.34. The fourth-order valence-corrected chi connectivity index (χ4v) is 3.20. The number of hydrogen-bond donors (Lipinski definition) is 1. The maximum absolute atomic E-state index is 9.08. The normalized spacial score (nSPS) is 10.6. The zero-order valence-electron chi connectivity index (χ0n) is 15.9. The van der Waals surface area contributed by atoms with Crippen molar-refractivity contribution < 1.29 is 0 Å². The van der Waals surface area contributed by atoms with Crippen LogP contribution in [0.1, 0.15) is 11.1 Å². The van der Waals surface area contributed by atoms with Crippen LogP contribution in [-0.2, 0) is 0 Å². The molecule has 0 unspecified atom stereocenters. The van der Waals surface area contributed by atoms with Crippen LogP contribution < -0.4 is 4.90 Å². The van der Waals surface area contributed by atoms with Gasteiger partial charge in [-0.2, -0.15) is 10.4 Å². The Labute approximate surface area is 173 Å². The first-order valence-corrected chi connectivity index (χ1v) is 9.31. The number of aryl methyl sites for hydroxylation is 1. The molecule has 4 aromatic rings. The first-order valence-electron chi connectivity index (χ1n) is 8.93. The van der Waals surface area contributed by atoms with Crippen LogP contribution in [0.2, 0.25) is 5.02 Å². The number of rotatable bonds is 4. The van der Waals surface area contributed by atoms with Gasteiger partial charge in [-0.1, -0.05) is 17.7 Å². The molecular formula is C22H17ClN6. The van der Waals surface area contributed by atoms with Gasteiger partial charge in [0.1, 0.15) is 5.82 Å². The van der Waals surface area contributed by atoms with E-state index in [0.717, 1.165) is 39.7 Å². The smallest absolute Gasteiger partial charge is 0.156 e. The Morgan fingerprint density at radius 2 is 1.90 bits per heavy atom. The first kappa shape index (κ1) is 18.7. The monoisotopic (exact) mass is 400 g/mol. The van der Waals surface area contributed by atoms with Gasteiger partial charge in [0.25, 0.3) is 0 Å². The molecule has 0 saturated carbocycles. The Morgan fingerprint density at radius 1 is 1.03 bits per heavy atom. The number of H-pyrrole nitrogens is 1. The van der Waals surface area contributed by atoms with Crippen LogP contribution in [0, 0.1) is 18.3 Å². The molecule has 0 aliphatic rings. The van der Waals surface area contributed by atoms with Crippen LogP contribution in [0.4, 0.5) is 11.6 Å². The van der Waals surface area contributed by atoms with Gasteiger partial charge in [0, 0.05) is 25.5 Å². The van der Waals surface area contributed by atoms with E-state index in [2.05, 4.69) is 26.2 Å². The molecule has 0 bridgehead atoms. The summed E-state index contributed by atoms with van der Waals surface area (Å²) >= 11 is 5.91. The lowest BCUT2D eigenvalue weighted by Crippen LogP contribution is -2.11. The third-order valence-corrected chi connectivity index (χ3v) is 4.89. The van der Waals surface area contributed by atoms with Gasteiger partial charge in [0.05, 0.1) is 28.0 Å². The Hall–Kier alpha value is -3.69. The van der Waals surface area contributed by atoms with Crippen LogP contribution >= 0.6 is 11.6 Å². The molecule has 29 heavy (non-hydrogen) atoms. The Morgan fingerprint density at radius 3 is 2.62 bits per heavy atom. The molecule has 3 aromatic heterocycles. The summed E-state index contributed by atoms with van der Waals surface area (Å²) in [6, 6.07) is 17.4. The third-order valence-electron chi connectivity index (χ3n) is 4.67. The molecule has 0 spiro atoms. The largest absolute Gasteiger partial charge is 0.313 e. The van der Waals surface area contributed by atoms with Gasteiger partial charge in [-0.3, -0.25) is 10.1 Å². The lowest BCUT2D eigenvalue weighted by Gasteiger charge is -2.16. The number of aromatic amines is 1. The lowest BCUT2D eigenvalue weighted by atomic mass is 9.99. The fourth-order valence-electron chi connectivity index (χ4n) is 3.09. The van der Waals surface area contributed by atoms with E-state index in [4.69, 9.17) is 16.9 Å². The highest BCUT2D eigenvalue weighted by Crippen LogP contribution is 2.29. The van der Waals surface area contributed by atoms with E-state index in [0.29, 0.717) is 10.6 Å². The van der Waals surface area contributed by atoms with Crippen molar-refractivity contribution in [1.29, 1.82) is 5.26 Å². The van der Waals surface area contributed by atoms with Crippen molar-refractivity contribution in [3.8, 4) is 28.6 Å². The Balaban J connectivity index is 1.63. The molecule has 0 atom stereocenters. The molecule has 0 aliphatic heterocycles. The van der Waals surface area contributed by atoms with Gasteiger partial charge in [0.2, 0.25) is 0 Å².